The van der Waals surface area contributed by atoms with Crippen LogP contribution in [0.2, 0.25) is 0 Å². The minimum absolute atomic E-state index is 0.227. The molecule has 270 valence electrons. The van der Waals surface area contributed by atoms with E-state index < -0.39 is 78.5 Å². The van der Waals surface area contributed by atoms with Gasteiger partial charge in [0.2, 0.25) is 5.91 Å². The Morgan fingerprint density at radius 2 is 1.43 bits per heavy atom. The van der Waals surface area contributed by atoms with Gasteiger partial charge >= 0.3 is 10.4 Å². The van der Waals surface area contributed by atoms with Crippen molar-refractivity contribution in [1.29, 1.82) is 0 Å². The number of carbonyl (C=O) groups is 1. The highest BCUT2D eigenvalue weighted by Crippen LogP contribution is 2.26. The van der Waals surface area contributed by atoms with Crippen LogP contribution in [0.15, 0.2) is 24.3 Å². The Kier molecular flexibility index (Phi) is 22.8. The van der Waals surface area contributed by atoms with E-state index in [0.29, 0.717) is 12.8 Å². The third kappa shape index (κ3) is 18.2. The maximum Gasteiger partial charge on any atom is 0.397 e. The van der Waals surface area contributed by atoms with Crippen LogP contribution in [0.4, 0.5) is 0 Å². The maximum absolute atomic E-state index is 12.9. The Hall–Kier alpha value is -1.46. The highest BCUT2D eigenvalue weighted by atomic mass is 32.3. The fraction of sp³-hybridized carbons (Fsp3) is 0.844. The second-order valence-electron chi connectivity index (χ2n) is 11.9. The molecule has 0 aliphatic carbocycles. The van der Waals surface area contributed by atoms with Gasteiger partial charge in [0.05, 0.1) is 25.4 Å². The number of aliphatic hydroxyl groups is 5. The van der Waals surface area contributed by atoms with Crippen LogP contribution < -0.4 is 5.32 Å². The van der Waals surface area contributed by atoms with Crippen molar-refractivity contribution >= 4 is 16.3 Å². The number of rotatable bonds is 26. The molecule has 1 aliphatic heterocycles. The zero-order chi connectivity index (χ0) is 34.4. The van der Waals surface area contributed by atoms with Gasteiger partial charge < -0.3 is 40.3 Å². The lowest BCUT2D eigenvalue weighted by atomic mass is 9.99. The predicted octanol–water partition coefficient (Wildman–Crippen LogP) is 2.84. The number of amides is 1. The summed E-state index contributed by atoms with van der Waals surface area (Å²) in [5.41, 5.74) is 0. The molecule has 8 atom stereocenters. The zero-order valence-corrected chi connectivity index (χ0v) is 28.3. The second kappa shape index (κ2) is 24.6. The van der Waals surface area contributed by atoms with E-state index in [0.717, 1.165) is 57.8 Å². The van der Waals surface area contributed by atoms with Crippen molar-refractivity contribution in [1.82, 2.24) is 5.32 Å². The summed E-state index contributed by atoms with van der Waals surface area (Å²) in [5, 5.41) is 54.3. The molecule has 0 bridgehead atoms. The highest BCUT2D eigenvalue weighted by molar-refractivity contribution is 7.80. The molecular weight excluding hydrogens is 622 g/mol. The molecule has 1 saturated heterocycles. The van der Waals surface area contributed by atoms with Crippen molar-refractivity contribution in [3.05, 3.63) is 24.3 Å². The summed E-state index contributed by atoms with van der Waals surface area (Å²) < 4.78 is 46.9. The van der Waals surface area contributed by atoms with Gasteiger partial charge in [0, 0.05) is 0 Å². The lowest BCUT2D eigenvalue weighted by Gasteiger charge is -2.41. The zero-order valence-electron chi connectivity index (χ0n) is 27.5. The molecule has 46 heavy (non-hydrogen) atoms. The van der Waals surface area contributed by atoms with E-state index in [1.54, 1.807) is 6.08 Å². The first kappa shape index (κ1) is 42.6. The van der Waals surface area contributed by atoms with Crippen molar-refractivity contribution in [2.75, 3.05) is 13.2 Å². The number of unbranched alkanes of at least 4 members (excludes halogenated alkanes) is 11. The van der Waals surface area contributed by atoms with Gasteiger partial charge in [-0.1, -0.05) is 89.5 Å². The Morgan fingerprint density at radius 1 is 0.870 bits per heavy atom. The molecular formula is C32H59NO12S. The smallest absolute Gasteiger partial charge is 0.394 e. The average molecular weight is 682 g/mol. The van der Waals surface area contributed by atoms with Crippen molar-refractivity contribution < 1.29 is 57.0 Å². The maximum atomic E-state index is 12.9. The van der Waals surface area contributed by atoms with Crippen molar-refractivity contribution in [2.24, 2.45) is 0 Å². The highest BCUT2D eigenvalue weighted by Gasteiger charge is 2.48. The summed E-state index contributed by atoms with van der Waals surface area (Å²) in [7, 11) is -5.10. The number of aliphatic hydroxyl groups excluding tert-OH is 5. The summed E-state index contributed by atoms with van der Waals surface area (Å²) in [6.07, 6.45) is 10.6. The number of ether oxygens (including phenoxy) is 2. The molecule has 0 aromatic rings. The summed E-state index contributed by atoms with van der Waals surface area (Å²) in [6.45, 7) is 3.01. The first-order valence-corrected chi connectivity index (χ1v) is 18.2. The predicted molar refractivity (Wildman–Crippen MR) is 173 cm³/mol. The lowest BCUT2D eigenvalue weighted by molar-refractivity contribution is -0.298. The van der Waals surface area contributed by atoms with E-state index in [1.807, 2.05) is 0 Å². The second-order valence-corrected chi connectivity index (χ2v) is 12.9. The van der Waals surface area contributed by atoms with Crippen LogP contribution in [0.1, 0.15) is 110 Å². The summed E-state index contributed by atoms with van der Waals surface area (Å²) in [6, 6.07) is -1.12. The molecule has 1 amide bonds. The largest absolute Gasteiger partial charge is 0.397 e. The minimum atomic E-state index is -5.10. The van der Waals surface area contributed by atoms with Crippen LogP contribution >= 0.6 is 0 Å². The standard InChI is InChI=1S/C32H59NO12S/c1-3-5-7-9-11-12-13-14-15-17-19-21-26(36)31(39)33-24(25(35)20-18-16-10-8-6-4-2)23-43-32-29(38)30(45-46(40,41)42)28(37)27(22-34)44-32/h11-12,18,20,24-30,32,34-38H,3-10,13-17,19,21-23H2,1-2H3,(H,33,39)(H,40,41,42)/b12-11-,20-18+. The van der Waals surface area contributed by atoms with Gasteiger partial charge in [-0.15, -0.1) is 0 Å². The fourth-order valence-corrected chi connectivity index (χ4v) is 5.55. The van der Waals surface area contributed by atoms with E-state index in [9.17, 15) is 38.7 Å². The molecule has 7 N–H and O–H groups in total. The van der Waals surface area contributed by atoms with E-state index in [-0.39, 0.29) is 6.42 Å². The van der Waals surface area contributed by atoms with Crippen LogP contribution in [-0.4, -0.2) is 107 Å². The van der Waals surface area contributed by atoms with Gasteiger partial charge in [-0.2, -0.15) is 8.42 Å². The van der Waals surface area contributed by atoms with E-state index in [2.05, 4.69) is 35.5 Å². The molecule has 1 heterocycles. The number of hydrogen-bond donors (Lipinski definition) is 7. The number of allylic oxidation sites excluding steroid dienone is 3. The first-order valence-electron chi connectivity index (χ1n) is 16.8. The molecule has 0 spiro atoms. The molecule has 13 nitrogen and oxygen atoms in total. The monoisotopic (exact) mass is 681 g/mol. The number of hydrogen-bond acceptors (Lipinski definition) is 11. The topological polar surface area (TPSA) is 212 Å². The molecule has 0 aromatic carbocycles. The van der Waals surface area contributed by atoms with Crippen LogP contribution in [0.25, 0.3) is 0 Å². The van der Waals surface area contributed by atoms with Crippen molar-refractivity contribution in [3.8, 4) is 0 Å². The Balaban J connectivity index is 2.75. The average Bonchev–Trinajstić information content (AvgIpc) is 3.01. The normalized spacial score (nSPS) is 24.4. The van der Waals surface area contributed by atoms with E-state index in [1.165, 1.54) is 25.3 Å². The van der Waals surface area contributed by atoms with Gasteiger partial charge in [-0.3, -0.25) is 9.35 Å². The third-order valence-electron chi connectivity index (χ3n) is 7.83. The molecule has 1 rings (SSSR count). The number of carbonyl (C=O) groups excluding carboxylic acids is 1. The van der Waals surface area contributed by atoms with E-state index in [4.69, 9.17) is 14.0 Å². The third-order valence-corrected chi connectivity index (χ3v) is 8.30. The molecule has 8 unspecified atom stereocenters. The minimum Gasteiger partial charge on any atom is -0.394 e. The molecule has 0 radical (unpaired) electrons. The summed E-state index contributed by atoms with van der Waals surface area (Å²) in [5.74, 6) is -0.722. The van der Waals surface area contributed by atoms with E-state index >= 15 is 0 Å². The molecule has 0 saturated carbocycles. The first-order chi connectivity index (χ1) is 21.9. The molecule has 14 heteroatoms. The molecule has 1 aliphatic rings. The Labute approximate surface area is 275 Å². The van der Waals surface area contributed by atoms with Crippen LogP contribution in [0.3, 0.4) is 0 Å². The van der Waals surface area contributed by atoms with Crippen molar-refractivity contribution in [3.63, 3.8) is 0 Å². The van der Waals surface area contributed by atoms with Crippen LogP contribution in [0, 0.1) is 0 Å². The Bertz CT molecular complexity index is 963. The fourth-order valence-electron chi connectivity index (χ4n) is 5.04. The quantitative estimate of drug-likeness (QED) is 0.0399. The Morgan fingerprint density at radius 3 is 2.04 bits per heavy atom. The van der Waals surface area contributed by atoms with Crippen LogP contribution in [-0.2, 0) is 28.9 Å². The number of nitrogens with one attached hydrogen (secondary N) is 1. The lowest BCUT2D eigenvalue weighted by Crippen LogP contribution is -2.61. The molecule has 1 fully saturated rings. The van der Waals surface area contributed by atoms with Crippen molar-refractivity contribution in [2.45, 2.75) is 159 Å². The van der Waals surface area contributed by atoms with Gasteiger partial charge in [-0.25, -0.2) is 4.18 Å². The summed E-state index contributed by atoms with van der Waals surface area (Å²) in [4.78, 5) is 12.9. The SMILES string of the molecule is CCCCC/C=C\CCCCCCC(O)C(=O)NC(COC1OC(CO)C(O)C(OS(=O)(=O)O)C1O)C(O)/C=C/CCCCCC. The van der Waals surface area contributed by atoms with Gasteiger partial charge in [0.1, 0.15) is 30.5 Å². The van der Waals surface area contributed by atoms with Gasteiger partial charge in [0.15, 0.2) is 6.29 Å². The van der Waals surface area contributed by atoms with Crippen LogP contribution in [0.5, 0.6) is 0 Å². The molecule has 0 aromatic heterocycles. The van der Waals surface area contributed by atoms with Gasteiger partial charge in [0.25, 0.3) is 0 Å². The van der Waals surface area contributed by atoms with Gasteiger partial charge in [-0.05, 0) is 44.9 Å². The summed E-state index contributed by atoms with van der Waals surface area (Å²) >= 11 is 0.